The second-order valence-corrected chi connectivity index (χ2v) is 8.21. The largest absolute Gasteiger partial charge is 0.375 e. The third-order valence-corrected chi connectivity index (χ3v) is 6.57. The molecule has 0 unspecified atom stereocenters. The van der Waals surface area contributed by atoms with E-state index in [0.717, 1.165) is 17.4 Å². The lowest BCUT2D eigenvalue weighted by atomic mass is 10.2. The number of anilines is 1. The number of halogens is 2. The first-order valence-electron chi connectivity index (χ1n) is 6.41. The lowest BCUT2D eigenvalue weighted by Gasteiger charge is -2.06. The Bertz CT molecular complexity index is 972. The number of nitrogens with two attached hydrogens (primary N) is 1. The Hall–Kier alpha value is -1.96. The highest BCUT2D eigenvalue weighted by Gasteiger charge is 2.27. The standard InChI is InChI=1S/C15H10ClFN2O2S2/c16-12-8-9(17)6-7-11(12)13-14(22-15(18)19-13)23(20,21)10-4-2-1-3-5-10/h1-8H,(H2,18,19). The summed E-state index contributed by atoms with van der Waals surface area (Å²) in [5.74, 6) is -0.519. The van der Waals surface area contributed by atoms with Crippen LogP contribution in [0.3, 0.4) is 0 Å². The molecule has 0 saturated heterocycles. The average Bonchev–Trinajstić information content (AvgIpc) is 2.90. The van der Waals surface area contributed by atoms with E-state index in [4.69, 9.17) is 17.3 Å². The highest BCUT2D eigenvalue weighted by molar-refractivity contribution is 7.93. The van der Waals surface area contributed by atoms with Crippen LogP contribution in [-0.4, -0.2) is 13.4 Å². The molecule has 2 aromatic carbocycles. The van der Waals surface area contributed by atoms with Gasteiger partial charge in [0, 0.05) is 5.56 Å². The van der Waals surface area contributed by atoms with Gasteiger partial charge in [-0.3, -0.25) is 0 Å². The maximum absolute atomic E-state index is 13.2. The number of benzene rings is 2. The minimum Gasteiger partial charge on any atom is -0.375 e. The summed E-state index contributed by atoms with van der Waals surface area (Å²) in [5.41, 5.74) is 6.14. The van der Waals surface area contributed by atoms with Crippen LogP contribution in [0, 0.1) is 5.82 Å². The van der Waals surface area contributed by atoms with Gasteiger partial charge >= 0.3 is 0 Å². The second-order valence-electron chi connectivity index (χ2n) is 4.63. The van der Waals surface area contributed by atoms with Gasteiger partial charge in [0.05, 0.1) is 9.92 Å². The summed E-state index contributed by atoms with van der Waals surface area (Å²) in [6.07, 6.45) is 0. The van der Waals surface area contributed by atoms with Gasteiger partial charge in [0.1, 0.15) is 11.5 Å². The number of hydrogen-bond donors (Lipinski definition) is 1. The Kier molecular flexibility index (Phi) is 4.09. The molecule has 0 amide bonds. The van der Waals surface area contributed by atoms with Crippen LogP contribution in [0.25, 0.3) is 11.3 Å². The van der Waals surface area contributed by atoms with Crippen molar-refractivity contribution >= 4 is 37.9 Å². The van der Waals surface area contributed by atoms with E-state index in [1.54, 1.807) is 18.2 Å². The molecule has 8 heteroatoms. The summed E-state index contributed by atoms with van der Waals surface area (Å²) in [7, 11) is -3.80. The molecule has 0 aliphatic carbocycles. The third kappa shape index (κ3) is 2.95. The molecular formula is C15H10ClFN2O2S2. The molecule has 3 aromatic rings. The zero-order valence-electron chi connectivity index (χ0n) is 11.5. The fraction of sp³-hybridized carbons (Fsp3) is 0. The maximum atomic E-state index is 13.2. The lowest BCUT2D eigenvalue weighted by Crippen LogP contribution is -2.01. The molecule has 0 aliphatic rings. The minimum atomic E-state index is -3.80. The maximum Gasteiger partial charge on any atom is 0.218 e. The van der Waals surface area contributed by atoms with Crippen molar-refractivity contribution in [1.29, 1.82) is 0 Å². The Balaban J connectivity index is 2.23. The van der Waals surface area contributed by atoms with E-state index in [0.29, 0.717) is 5.56 Å². The van der Waals surface area contributed by atoms with Gasteiger partial charge in [-0.1, -0.05) is 41.1 Å². The molecule has 4 nitrogen and oxygen atoms in total. The molecule has 23 heavy (non-hydrogen) atoms. The fourth-order valence-electron chi connectivity index (χ4n) is 2.06. The van der Waals surface area contributed by atoms with Gasteiger partial charge in [0.2, 0.25) is 9.84 Å². The summed E-state index contributed by atoms with van der Waals surface area (Å²) >= 11 is 6.88. The number of aromatic nitrogens is 1. The van der Waals surface area contributed by atoms with Crippen molar-refractivity contribution in [2.24, 2.45) is 0 Å². The van der Waals surface area contributed by atoms with Crippen molar-refractivity contribution < 1.29 is 12.8 Å². The van der Waals surface area contributed by atoms with Crippen molar-refractivity contribution in [3.8, 4) is 11.3 Å². The number of nitrogen functional groups attached to an aromatic ring is 1. The van der Waals surface area contributed by atoms with E-state index in [2.05, 4.69) is 4.98 Å². The van der Waals surface area contributed by atoms with Crippen LogP contribution in [0.1, 0.15) is 0 Å². The molecule has 3 rings (SSSR count). The quantitative estimate of drug-likeness (QED) is 0.757. The number of hydrogen-bond acceptors (Lipinski definition) is 5. The predicted molar refractivity (Wildman–Crippen MR) is 88.8 cm³/mol. The molecule has 0 aliphatic heterocycles. The topological polar surface area (TPSA) is 73.0 Å². The molecule has 0 fully saturated rings. The Labute approximate surface area is 141 Å². The fourth-order valence-corrected chi connectivity index (χ4v) is 5.02. The number of thiazole rings is 1. The molecule has 118 valence electrons. The normalized spacial score (nSPS) is 11.6. The van der Waals surface area contributed by atoms with E-state index in [9.17, 15) is 12.8 Å². The summed E-state index contributed by atoms with van der Waals surface area (Å²) < 4.78 is 38.8. The zero-order chi connectivity index (χ0) is 16.6. The molecule has 0 atom stereocenters. The number of nitrogens with zero attached hydrogens (tertiary/aromatic N) is 1. The highest BCUT2D eigenvalue weighted by atomic mass is 35.5. The van der Waals surface area contributed by atoms with Crippen LogP contribution in [-0.2, 0) is 9.84 Å². The summed E-state index contributed by atoms with van der Waals surface area (Å²) in [6.45, 7) is 0. The van der Waals surface area contributed by atoms with Gasteiger partial charge in [-0.05, 0) is 30.3 Å². The molecule has 0 saturated carbocycles. The second kappa shape index (κ2) is 5.92. The average molecular weight is 369 g/mol. The molecular weight excluding hydrogens is 359 g/mol. The number of sulfone groups is 1. The zero-order valence-corrected chi connectivity index (χ0v) is 13.9. The summed E-state index contributed by atoms with van der Waals surface area (Å²) in [6, 6.07) is 11.6. The predicted octanol–water partition coefficient (Wildman–Crippen LogP) is 4.02. The molecule has 0 bridgehead atoms. The van der Waals surface area contributed by atoms with Crippen LogP contribution < -0.4 is 5.73 Å². The lowest BCUT2D eigenvalue weighted by molar-refractivity contribution is 0.598. The summed E-state index contributed by atoms with van der Waals surface area (Å²) in [5, 5.41) is 0.162. The van der Waals surface area contributed by atoms with Gasteiger partial charge in [0.15, 0.2) is 9.34 Å². The van der Waals surface area contributed by atoms with Gasteiger partial charge in [-0.2, -0.15) is 0 Å². The van der Waals surface area contributed by atoms with E-state index in [1.165, 1.54) is 24.3 Å². The van der Waals surface area contributed by atoms with E-state index in [1.807, 2.05) is 0 Å². The molecule has 1 heterocycles. The Morgan fingerprint density at radius 2 is 1.83 bits per heavy atom. The van der Waals surface area contributed by atoms with E-state index >= 15 is 0 Å². The van der Waals surface area contributed by atoms with Crippen molar-refractivity contribution in [3.63, 3.8) is 0 Å². The van der Waals surface area contributed by atoms with Gasteiger partial charge in [-0.15, -0.1) is 0 Å². The molecule has 1 aromatic heterocycles. The van der Waals surface area contributed by atoms with Crippen LogP contribution >= 0.6 is 22.9 Å². The van der Waals surface area contributed by atoms with E-state index < -0.39 is 15.7 Å². The molecule has 0 radical (unpaired) electrons. The van der Waals surface area contributed by atoms with Crippen LogP contribution in [0.4, 0.5) is 9.52 Å². The summed E-state index contributed by atoms with van der Waals surface area (Å²) in [4.78, 5) is 4.20. The van der Waals surface area contributed by atoms with Gasteiger partial charge < -0.3 is 5.73 Å². The SMILES string of the molecule is Nc1nc(-c2ccc(F)cc2Cl)c(S(=O)(=O)c2ccccc2)s1. The minimum absolute atomic E-state index is 0.0188. The smallest absolute Gasteiger partial charge is 0.218 e. The highest BCUT2D eigenvalue weighted by Crippen LogP contribution is 2.39. The molecule has 0 spiro atoms. The van der Waals surface area contributed by atoms with Crippen molar-refractivity contribution in [1.82, 2.24) is 4.98 Å². The Morgan fingerprint density at radius 1 is 1.13 bits per heavy atom. The Morgan fingerprint density at radius 3 is 2.48 bits per heavy atom. The van der Waals surface area contributed by atoms with Crippen LogP contribution in [0.2, 0.25) is 5.02 Å². The van der Waals surface area contributed by atoms with Crippen molar-refractivity contribution in [2.75, 3.05) is 5.73 Å². The third-order valence-electron chi connectivity index (χ3n) is 3.10. The molecule has 2 N–H and O–H groups in total. The van der Waals surface area contributed by atoms with Gasteiger partial charge in [-0.25, -0.2) is 17.8 Å². The van der Waals surface area contributed by atoms with Gasteiger partial charge in [0.25, 0.3) is 0 Å². The van der Waals surface area contributed by atoms with E-state index in [-0.39, 0.29) is 25.0 Å². The van der Waals surface area contributed by atoms with Crippen molar-refractivity contribution in [2.45, 2.75) is 9.10 Å². The first kappa shape index (κ1) is 15.9. The first-order valence-corrected chi connectivity index (χ1v) is 9.09. The van der Waals surface area contributed by atoms with Crippen molar-refractivity contribution in [3.05, 3.63) is 59.4 Å². The first-order chi connectivity index (χ1) is 10.9. The van der Waals surface area contributed by atoms with Crippen LogP contribution in [0.15, 0.2) is 57.6 Å². The number of rotatable bonds is 3. The monoisotopic (exact) mass is 368 g/mol. The van der Waals surface area contributed by atoms with Crippen LogP contribution in [0.5, 0.6) is 0 Å².